The first-order valence-electron chi connectivity index (χ1n) is 14.3. The summed E-state index contributed by atoms with van der Waals surface area (Å²) < 4.78 is 59.0. The molecule has 0 aliphatic heterocycles. The molecule has 1 unspecified atom stereocenters. The Labute approximate surface area is 253 Å². The van der Waals surface area contributed by atoms with Crippen molar-refractivity contribution in [1.29, 1.82) is 0 Å². The van der Waals surface area contributed by atoms with Crippen LogP contribution in [0.1, 0.15) is 59.3 Å². The summed E-state index contributed by atoms with van der Waals surface area (Å²) in [6.07, 6.45) is -5.87. The molecule has 0 aliphatic rings. The fourth-order valence-electron chi connectivity index (χ4n) is 5.74. The Morgan fingerprint density at radius 3 is 2.48 bits per heavy atom. The lowest BCUT2D eigenvalue weighted by atomic mass is 9.72. The van der Waals surface area contributed by atoms with Gasteiger partial charge in [0.1, 0.15) is 5.82 Å². The molecule has 0 radical (unpaired) electrons. The zero-order chi connectivity index (χ0) is 32.4. The maximum atomic E-state index is 14.5. The molecule has 4 aromatic rings. The molecule has 236 valence electrons. The van der Waals surface area contributed by atoms with Gasteiger partial charge in [0, 0.05) is 17.5 Å². The smallest absolute Gasteiger partial charge is 0.394 e. The van der Waals surface area contributed by atoms with Crippen LogP contribution in [0.3, 0.4) is 0 Å². The van der Waals surface area contributed by atoms with E-state index in [1.807, 2.05) is 13.0 Å². The molecule has 0 spiro atoms. The highest BCUT2D eigenvalue weighted by Gasteiger charge is 2.55. The van der Waals surface area contributed by atoms with Crippen molar-refractivity contribution in [2.45, 2.75) is 70.3 Å². The first-order valence-corrected chi connectivity index (χ1v) is 14.3. The molecule has 0 aliphatic carbocycles. The number of nitrogens with one attached hydrogen (secondary N) is 1. The number of alkyl halides is 3. The van der Waals surface area contributed by atoms with Crippen LogP contribution in [0.4, 0.5) is 17.6 Å². The largest absolute Gasteiger partial charge is 0.417 e. The van der Waals surface area contributed by atoms with Gasteiger partial charge in [-0.2, -0.15) is 18.3 Å². The lowest BCUT2D eigenvalue weighted by molar-refractivity contribution is -0.269. The van der Waals surface area contributed by atoms with Crippen molar-refractivity contribution < 1.29 is 37.7 Å². The SMILES string of the molecule is Cc1cc(CCC(O)(CC(C)(C)c2cc(F)ccc2C)C(F)(F)F)c2cnn(-c3cccc(C(=O)NC[C@H](O)CO)c3)c2c1. The van der Waals surface area contributed by atoms with E-state index in [0.29, 0.717) is 33.3 Å². The minimum atomic E-state index is -4.94. The molecular formula is C33H37F4N3O4. The number of fused-ring (bicyclic) bond motifs is 1. The molecule has 44 heavy (non-hydrogen) atoms. The maximum Gasteiger partial charge on any atom is 0.417 e. The number of hydrogen-bond acceptors (Lipinski definition) is 5. The lowest BCUT2D eigenvalue weighted by Gasteiger charge is -2.38. The van der Waals surface area contributed by atoms with Crippen LogP contribution in [0, 0.1) is 19.7 Å². The van der Waals surface area contributed by atoms with Crippen molar-refractivity contribution in [3.8, 4) is 5.69 Å². The second kappa shape index (κ2) is 12.7. The maximum absolute atomic E-state index is 14.5. The molecule has 3 aromatic carbocycles. The summed E-state index contributed by atoms with van der Waals surface area (Å²) in [7, 11) is 0. The molecule has 1 amide bonds. The van der Waals surface area contributed by atoms with Gasteiger partial charge in [0.2, 0.25) is 0 Å². The minimum Gasteiger partial charge on any atom is -0.394 e. The number of carbonyl (C=O) groups excluding carboxylic acids is 1. The van der Waals surface area contributed by atoms with E-state index in [4.69, 9.17) is 5.11 Å². The average Bonchev–Trinajstić information content (AvgIpc) is 3.38. The lowest BCUT2D eigenvalue weighted by Crippen LogP contribution is -2.49. The fourth-order valence-corrected chi connectivity index (χ4v) is 5.74. The number of aliphatic hydroxyl groups is 3. The van der Waals surface area contributed by atoms with Crippen LogP contribution in [0.2, 0.25) is 0 Å². The summed E-state index contributed by atoms with van der Waals surface area (Å²) >= 11 is 0. The zero-order valence-electron chi connectivity index (χ0n) is 25.0. The van der Waals surface area contributed by atoms with E-state index in [-0.39, 0.29) is 18.5 Å². The average molecular weight is 616 g/mol. The predicted molar refractivity (Wildman–Crippen MR) is 159 cm³/mol. The highest BCUT2D eigenvalue weighted by molar-refractivity contribution is 5.95. The summed E-state index contributed by atoms with van der Waals surface area (Å²) in [6.45, 7) is 6.03. The Morgan fingerprint density at radius 2 is 1.80 bits per heavy atom. The van der Waals surface area contributed by atoms with Crippen molar-refractivity contribution in [2.75, 3.05) is 13.2 Å². The minimum absolute atomic E-state index is 0.103. The Morgan fingerprint density at radius 1 is 1.07 bits per heavy atom. The second-order valence-electron chi connectivity index (χ2n) is 12.1. The Balaban J connectivity index is 1.63. The van der Waals surface area contributed by atoms with Crippen molar-refractivity contribution in [1.82, 2.24) is 15.1 Å². The number of benzene rings is 3. The molecule has 0 saturated heterocycles. The Bertz CT molecular complexity index is 1650. The standard InChI is InChI=1S/C33H37F4N3O4/c1-20-12-22(10-11-32(44,33(35,36)37)19-31(3,4)28-15-24(34)9-8-21(28)2)27-17-39-40(29(27)13-20)25-7-5-6-23(14-25)30(43)38-16-26(42)18-41/h5-9,12-15,17,26,41-42,44H,10-11,16,18-19H2,1-4H3,(H,38,43)/t26-,32?/m0/s1. The van der Waals surface area contributed by atoms with E-state index < -0.39 is 54.5 Å². The molecule has 0 fully saturated rings. The molecular weight excluding hydrogens is 578 g/mol. The Hall–Kier alpha value is -3.80. The van der Waals surface area contributed by atoms with Gasteiger partial charge in [-0.25, -0.2) is 9.07 Å². The van der Waals surface area contributed by atoms with E-state index in [1.54, 1.807) is 62.0 Å². The molecule has 7 nitrogen and oxygen atoms in total. The zero-order valence-corrected chi connectivity index (χ0v) is 25.0. The van der Waals surface area contributed by atoms with Gasteiger partial charge in [-0.3, -0.25) is 4.79 Å². The second-order valence-corrected chi connectivity index (χ2v) is 12.1. The molecule has 0 bridgehead atoms. The first-order chi connectivity index (χ1) is 20.5. The van der Waals surface area contributed by atoms with Gasteiger partial charge < -0.3 is 20.6 Å². The summed E-state index contributed by atoms with van der Waals surface area (Å²) in [4.78, 5) is 12.6. The third kappa shape index (κ3) is 7.11. The van der Waals surface area contributed by atoms with Crippen molar-refractivity contribution >= 4 is 16.8 Å². The van der Waals surface area contributed by atoms with E-state index in [9.17, 15) is 32.6 Å². The number of aliphatic hydroxyl groups excluding tert-OH is 2. The fraction of sp³-hybridized carbons (Fsp3) is 0.394. The quantitative estimate of drug-likeness (QED) is 0.168. The highest BCUT2D eigenvalue weighted by Crippen LogP contribution is 2.44. The van der Waals surface area contributed by atoms with E-state index in [0.717, 1.165) is 5.56 Å². The number of aryl methyl sites for hydroxylation is 3. The third-order valence-corrected chi connectivity index (χ3v) is 7.98. The molecule has 11 heteroatoms. The number of nitrogens with zero attached hydrogens (tertiary/aromatic N) is 2. The summed E-state index contributed by atoms with van der Waals surface area (Å²) in [6, 6.07) is 14.2. The van der Waals surface area contributed by atoms with Crippen LogP contribution in [0.15, 0.2) is 60.8 Å². The molecule has 4 N–H and O–H groups in total. The van der Waals surface area contributed by atoms with Crippen molar-refractivity contribution in [3.05, 3.63) is 94.4 Å². The van der Waals surface area contributed by atoms with E-state index >= 15 is 0 Å². The van der Waals surface area contributed by atoms with Crippen LogP contribution < -0.4 is 5.32 Å². The molecule has 1 heterocycles. The van der Waals surface area contributed by atoms with Crippen LogP contribution in [0.5, 0.6) is 0 Å². The van der Waals surface area contributed by atoms with Gasteiger partial charge in [-0.15, -0.1) is 0 Å². The summed E-state index contributed by atoms with van der Waals surface area (Å²) in [5, 5.41) is 37.3. The van der Waals surface area contributed by atoms with Crippen LogP contribution in [-0.4, -0.2) is 62.0 Å². The van der Waals surface area contributed by atoms with Crippen LogP contribution in [-0.2, 0) is 11.8 Å². The summed E-state index contributed by atoms with van der Waals surface area (Å²) in [5.41, 5.74) is -0.421. The van der Waals surface area contributed by atoms with Crippen LogP contribution >= 0.6 is 0 Å². The number of halogens is 4. The van der Waals surface area contributed by atoms with Crippen LogP contribution in [0.25, 0.3) is 16.6 Å². The number of carbonyl (C=O) groups is 1. The van der Waals surface area contributed by atoms with E-state index in [1.165, 1.54) is 18.2 Å². The van der Waals surface area contributed by atoms with Gasteiger partial charge in [0.05, 0.1) is 30.1 Å². The van der Waals surface area contributed by atoms with Crippen molar-refractivity contribution in [3.63, 3.8) is 0 Å². The number of amides is 1. The molecule has 0 saturated carbocycles. The molecule has 1 aromatic heterocycles. The number of rotatable bonds is 11. The van der Waals surface area contributed by atoms with Gasteiger partial charge >= 0.3 is 6.18 Å². The van der Waals surface area contributed by atoms with Gasteiger partial charge in [0.15, 0.2) is 5.60 Å². The van der Waals surface area contributed by atoms with Gasteiger partial charge in [0.25, 0.3) is 5.91 Å². The van der Waals surface area contributed by atoms with Crippen molar-refractivity contribution in [2.24, 2.45) is 0 Å². The number of aromatic nitrogens is 2. The first kappa shape index (κ1) is 33.1. The predicted octanol–water partition coefficient (Wildman–Crippen LogP) is 5.46. The summed E-state index contributed by atoms with van der Waals surface area (Å²) in [5.74, 6) is -1.02. The molecule has 2 atom stereocenters. The van der Waals surface area contributed by atoms with E-state index in [2.05, 4.69) is 10.4 Å². The normalized spacial score (nSPS) is 14.4. The van der Waals surface area contributed by atoms with Gasteiger partial charge in [-0.05, 0) is 97.2 Å². The monoisotopic (exact) mass is 615 g/mol. The third-order valence-electron chi connectivity index (χ3n) is 7.98. The Kier molecular flexibility index (Phi) is 9.53. The highest BCUT2D eigenvalue weighted by atomic mass is 19.4. The topological polar surface area (TPSA) is 108 Å². The molecule has 4 rings (SSSR count). The van der Waals surface area contributed by atoms with Gasteiger partial charge in [-0.1, -0.05) is 32.0 Å². The number of hydrogen-bond donors (Lipinski definition) is 4.